The van der Waals surface area contributed by atoms with Crippen LogP contribution in [-0.2, 0) is 16.4 Å². The Kier molecular flexibility index (Phi) is 3.48. The zero-order chi connectivity index (χ0) is 14.0. The number of sulfone groups is 1. The van der Waals surface area contributed by atoms with E-state index in [9.17, 15) is 8.42 Å². The molecule has 6 heteroatoms. The Morgan fingerprint density at radius 1 is 1.30 bits per heavy atom. The summed E-state index contributed by atoms with van der Waals surface area (Å²) in [5.74, 6) is 0.992. The Bertz CT molecular complexity index is 679. The second-order valence-corrected chi connectivity index (χ2v) is 7.43. The van der Waals surface area contributed by atoms with Crippen molar-refractivity contribution in [3.05, 3.63) is 42.7 Å². The third-order valence-corrected chi connectivity index (χ3v) is 5.87. The monoisotopic (exact) mass is 291 g/mol. The Morgan fingerprint density at radius 2 is 2.10 bits per heavy atom. The number of rotatable bonds is 4. The first-order valence-corrected chi connectivity index (χ1v) is 8.41. The van der Waals surface area contributed by atoms with Crippen LogP contribution in [0.15, 0.2) is 42.7 Å². The summed E-state index contributed by atoms with van der Waals surface area (Å²) in [5, 5.41) is 2.93. The van der Waals surface area contributed by atoms with E-state index in [2.05, 4.69) is 10.3 Å². The van der Waals surface area contributed by atoms with Crippen molar-refractivity contribution in [2.24, 2.45) is 0 Å². The SMILES string of the molecule is O=S1(=O)CCCC1Cn1ccnc1Nc1ccccc1. The van der Waals surface area contributed by atoms with Gasteiger partial charge >= 0.3 is 0 Å². The first kappa shape index (κ1) is 13.2. The van der Waals surface area contributed by atoms with Crippen LogP contribution in [0, 0.1) is 0 Å². The second-order valence-electron chi connectivity index (χ2n) is 5.03. The van der Waals surface area contributed by atoms with Gasteiger partial charge in [-0.3, -0.25) is 0 Å². The first-order valence-electron chi connectivity index (χ1n) is 6.70. The molecule has 1 aromatic carbocycles. The highest BCUT2D eigenvalue weighted by molar-refractivity contribution is 7.92. The summed E-state index contributed by atoms with van der Waals surface area (Å²) in [6.45, 7) is 0.470. The van der Waals surface area contributed by atoms with Crippen LogP contribution in [0.2, 0.25) is 0 Å². The van der Waals surface area contributed by atoms with Gasteiger partial charge in [0.2, 0.25) is 5.95 Å². The minimum absolute atomic E-state index is 0.284. The maximum atomic E-state index is 11.9. The lowest BCUT2D eigenvalue weighted by molar-refractivity contribution is 0.568. The number of nitrogens with zero attached hydrogens (tertiary/aromatic N) is 2. The summed E-state index contributed by atoms with van der Waals surface area (Å²) in [5.41, 5.74) is 0.939. The maximum absolute atomic E-state index is 11.9. The number of para-hydroxylation sites is 1. The molecule has 1 unspecified atom stereocenters. The fourth-order valence-corrected chi connectivity index (χ4v) is 4.33. The van der Waals surface area contributed by atoms with Gasteiger partial charge in [0, 0.05) is 24.6 Å². The standard InChI is InChI=1S/C14H17N3O2S/c18-20(19)10-4-7-13(20)11-17-9-8-15-14(17)16-12-5-2-1-3-6-12/h1-3,5-6,8-9,13H,4,7,10-11H2,(H,15,16). The van der Waals surface area contributed by atoms with Gasteiger partial charge in [-0.25, -0.2) is 13.4 Å². The van der Waals surface area contributed by atoms with Crippen LogP contribution in [0.1, 0.15) is 12.8 Å². The lowest BCUT2D eigenvalue weighted by atomic mass is 10.2. The van der Waals surface area contributed by atoms with E-state index in [1.165, 1.54) is 0 Å². The third kappa shape index (κ3) is 2.70. The number of benzene rings is 1. The Morgan fingerprint density at radius 3 is 2.80 bits per heavy atom. The summed E-state index contributed by atoms with van der Waals surface area (Å²) in [7, 11) is -2.93. The average molecular weight is 291 g/mol. The van der Waals surface area contributed by atoms with Gasteiger partial charge in [0.1, 0.15) is 0 Å². The molecule has 1 atom stereocenters. The van der Waals surface area contributed by atoms with Gasteiger partial charge in [-0.2, -0.15) is 0 Å². The summed E-state index contributed by atoms with van der Waals surface area (Å²) in [6.07, 6.45) is 5.01. The normalized spacial score (nSPS) is 20.9. The first-order chi connectivity index (χ1) is 9.65. The Labute approximate surface area is 118 Å². The zero-order valence-electron chi connectivity index (χ0n) is 11.1. The molecule has 2 heterocycles. The molecular formula is C14H17N3O2S. The quantitative estimate of drug-likeness (QED) is 0.938. The molecule has 20 heavy (non-hydrogen) atoms. The number of nitrogens with one attached hydrogen (secondary N) is 1. The lowest BCUT2D eigenvalue weighted by Crippen LogP contribution is -2.22. The van der Waals surface area contributed by atoms with Gasteiger partial charge in [-0.15, -0.1) is 0 Å². The van der Waals surface area contributed by atoms with Crippen molar-refractivity contribution in [3.63, 3.8) is 0 Å². The van der Waals surface area contributed by atoms with Gasteiger partial charge in [-0.1, -0.05) is 18.2 Å². The molecule has 1 aliphatic heterocycles. The molecule has 0 bridgehead atoms. The fraction of sp³-hybridized carbons (Fsp3) is 0.357. The van der Waals surface area contributed by atoms with E-state index in [1.807, 2.05) is 41.1 Å². The Balaban J connectivity index is 1.77. The number of imidazole rings is 1. The van der Waals surface area contributed by atoms with Crippen LogP contribution < -0.4 is 5.32 Å². The van der Waals surface area contributed by atoms with E-state index in [4.69, 9.17) is 0 Å². The van der Waals surface area contributed by atoms with Gasteiger partial charge < -0.3 is 9.88 Å². The fourth-order valence-electron chi connectivity index (χ4n) is 2.51. The molecule has 1 saturated heterocycles. The Hall–Kier alpha value is -1.82. The van der Waals surface area contributed by atoms with Crippen LogP contribution >= 0.6 is 0 Å². The van der Waals surface area contributed by atoms with Crippen molar-refractivity contribution in [3.8, 4) is 0 Å². The molecule has 3 rings (SSSR count). The summed E-state index contributed by atoms with van der Waals surface area (Å²) in [4.78, 5) is 4.26. The molecule has 1 N–H and O–H groups in total. The highest BCUT2D eigenvalue weighted by atomic mass is 32.2. The van der Waals surface area contributed by atoms with E-state index in [1.54, 1.807) is 6.20 Å². The molecule has 1 fully saturated rings. The van der Waals surface area contributed by atoms with Crippen LogP contribution in [0.3, 0.4) is 0 Å². The highest BCUT2D eigenvalue weighted by Gasteiger charge is 2.31. The minimum atomic E-state index is -2.93. The van der Waals surface area contributed by atoms with E-state index in [0.29, 0.717) is 18.2 Å². The van der Waals surface area contributed by atoms with Crippen molar-refractivity contribution >= 4 is 21.5 Å². The predicted molar refractivity (Wildman–Crippen MR) is 78.8 cm³/mol. The summed E-state index contributed by atoms with van der Waals surface area (Å²) < 4.78 is 25.7. The molecule has 0 amide bonds. The number of aromatic nitrogens is 2. The molecule has 1 aliphatic rings. The molecule has 5 nitrogen and oxygen atoms in total. The number of hydrogen-bond donors (Lipinski definition) is 1. The average Bonchev–Trinajstić information content (AvgIpc) is 2.99. The van der Waals surface area contributed by atoms with E-state index >= 15 is 0 Å². The maximum Gasteiger partial charge on any atom is 0.207 e. The number of anilines is 2. The highest BCUT2D eigenvalue weighted by Crippen LogP contribution is 2.23. The van der Waals surface area contributed by atoms with Crippen LogP contribution in [-0.4, -0.2) is 29.0 Å². The smallest absolute Gasteiger partial charge is 0.207 e. The molecule has 106 valence electrons. The third-order valence-electron chi connectivity index (χ3n) is 3.61. The second kappa shape index (κ2) is 5.28. The van der Waals surface area contributed by atoms with E-state index in [-0.39, 0.29) is 5.25 Å². The van der Waals surface area contributed by atoms with Gasteiger partial charge in [0.25, 0.3) is 0 Å². The molecule has 0 saturated carbocycles. The summed E-state index contributed by atoms with van der Waals surface area (Å²) in [6, 6.07) is 9.73. The van der Waals surface area contributed by atoms with Gasteiger partial charge in [-0.05, 0) is 25.0 Å². The summed E-state index contributed by atoms with van der Waals surface area (Å²) >= 11 is 0. The molecule has 0 aliphatic carbocycles. The molecule has 0 spiro atoms. The van der Waals surface area contributed by atoms with Crippen LogP contribution in [0.25, 0.3) is 0 Å². The lowest BCUT2D eigenvalue weighted by Gasteiger charge is -2.13. The van der Waals surface area contributed by atoms with Crippen molar-refractivity contribution in [1.82, 2.24) is 9.55 Å². The van der Waals surface area contributed by atoms with Gasteiger partial charge in [0.15, 0.2) is 9.84 Å². The van der Waals surface area contributed by atoms with Crippen LogP contribution in [0.5, 0.6) is 0 Å². The van der Waals surface area contributed by atoms with Gasteiger partial charge in [0.05, 0.1) is 11.0 Å². The predicted octanol–water partition coefficient (Wildman–Crippen LogP) is 2.20. The largest absolute Gasteiger partial charge is 0.326 e. The van der Waals surface area contributed by atoms with Crippen molar-refractivity contribution in [1.29, 1.82) is 0 Å². The molecule has 2 aromatic rings. The van der Waals surface area contributed by atoms with Crippen LogP contribution in [0.4, 0.5) is 11.6 Å². The molecule has 1 aromatic heterocycles. The molecular weight excluding hydrogens is 274 g/mol. The van der Waals surface area contributed by atoms with E-state index in [0.717, 1.165) is 18.5 Å². The topological polar surface area (TPSA) is 64.0 Å². The number of hydrogen-bond acceptors (Lipinski definition) is 4. The van der Waals surface area contributed by atoms with Crippen molar-refractivity contribution in [2.75, 3.05) is 11.1 Å². The minimum Gasteiger partial charge on any atom is -0.326 e. The van der Waals surface area contributed by atoms with Crippen molar-refractivity contribution < 1.29 is 8.42 Å². The van der Waals surface area contributed by atoms with Crippen molar-refractivity contribution in [2.45, 2.75) is 24.6 Å². The zero-order valence-corrected chi connectivity index (χ0v) is 11.9. The van der Waals surface area contributed by atoms with E-state index < -0.39 is 9.84 Å². The molecule has 0 radical (unpaired) electrons.